The molecule has 6 nitrogen and oxygen atoms in total. The standard InChI is InChI=1S/C10H12N2O4/c1-6(10(14)15)12-9(13)4-7-5-16-3-2-8(7)11-12/h4,6H,2-3,5H2,1H3,(H,14,15). The molecule has 16 heavy (non-hydrogen) atoms. The van der Waals surface area contributed by atoms with E-state index in [4.69, 9.17) is 9.84 Å². The maximum absolute atomic E-state index is 11.6. The number of aromatic nitrogens is 2. The van der Waals surface area contributed by atoms with Crippen molar-refractivity contribution >= 4 is 5.97 Å². The van der Waals surface area contributed by atoms with Gasteiger partial charge in [-0.25, -0.2) is 9.48 Å². The topological polar surface area (TPSA) is 81.4 Å². The summed E-state index contributed by atoms with van der Waals surface area (Å²) in [6.07, 6.45) is 0.613. The lowest BCUT2D eigenvalue weighted by Gasteiger charge is -2.17. The molecule has 1 atom stereocenters. The van der Waals surface area contributed by atoms with Gasteiger partial charge in [0.05, 0.1) is 18.9 Å². The Kier molecular flexibility index (Phi) is 2.74. The van der Waals surface area contributed by atoms with Gasteiger partial charge in [-0.3, -0.25) is 4.79 Å². The zero-order chi connectivity index (χ0) is 11.7. The summed E-state index contributed by atoms with van der Waals surface area (Å²) >= 11 is 0. The van der Waals surface area contributed by atoms with E-state index in [1.165, 1.54) is 13.0 Å². The molecule has 1 aromatic rings. The Morgan fingerprint density at radius 2 is 2.44 bits per heavy atom. The second kappa shape index (κ2) is 4.05. The lowest BCUT2D eigenvalue weighted by atomic mass is 10.1. The van der Waals surface area contributed by atoms with Gasteiger partial charge >= 0.3 is 5.97 Å². The van der Waals surface area contributed by atoms with Crippen LogP contribution < -0.4 is 5.56 Å². The van der Waals surface area contributed by atoms with Gasteiger partial charge in [-0.2, -0.15) is 5.10 Å². The molecule has 1 aliphatic heterocycles. The fraction of sp³-hybridized carbons (Fsp3) is 0.500. The number of carboxylic acid groups (broad SMARTS) is 1. The molecule has 0 aromatic carbocycles. The Hall–Kier alpha value is -1.69. The third-order valence-electron chi connectivity index (χ3n) is 2.59. The first kappa shape index (κ1) is 10.8. The Bertz CT molecular complexity index is 480. The van der Waals surface area contributed by atoms with Crippen LogP contribution in [-0.4, -0.2) is 27.5 Å². The van der Waals surface area contributed by atoms with Gasteiger partial charge in [-0.05, 0) is 6.92 Å². The molecule has 0 amide bonds. The number of hydrogen-bond donors (Lipinski definition) is 1. The average Bonchev–Trinajstić information content (AvgIpc) is 2.27. The molecule has 0 spiro atoms. The highest BCUT2D eigenvalue weighted by atomic mass is 16.5. The molecule has 0 bridgehead atoms. The molecule has 86 valence electrons. The average molecular weight is 224 g/mol. The predicted octanol–water partition coefficient (Wildman–Crippen LogP) is -0.0384. The van der Waals surface area contributed by atoms with Crippen molar-refractivity contribution in [3.8, 4) is 0 Å². The van der Waals surface area contributed by atoms with Crippen molar-refractivity contribution in [2.24, 2.45) is 0 Å². The van der Waals surface area contributed by atoms with Crippen LogP contribution in [-0.2, 0) is 22.6 Å². The molecule has 1 aromatic heterocycles. The lowest BCUT2D eigenvalue weighted by Crippen LogP contribution is -2.32. The van der Waals surface area contributed by atoms with Crippen molar-refractivity contribution in [3.63, 3.8) is 0 Å². The monoisotopic (exact) mass is 224 g/mol. The molecular formula is C10H12N2O4. The highest BCUT2D eigenvalue weighted by Crippen LogP contribution is 2.12. The lowest BCUT2D eigenvalue weighted by molar-refractivity contribution is -0.140. The summed E-state index contributed by atoms with van der Waals surface area (Å²) < 4.78 is 6.20. The van der Waals surface area contributed by atoms with Crippen LogP contribution in [0, 0.1) is 0 Å². The van der Waals surface area contributed by atoms with E-state index < -0.39 is 17.6 Å². The fourth-order valence-electron chi connectivity index (χ4n) is 1.61. The number of nitrogens with zero attached hydrogens (tertiary/aromatic N) is 2. The zero-order valence-electron chi connectivity index (χ0n) is 8.84. The summed E-state index contributed by atoms with van der Waals surface area (Å²) in [6.45, 7) is 2.36. The molecule has 1 aliphatic rings. The maximum Gasteiger partial charge on any atom is 0.328 e. The minimum Gasteiger partial charge on any atom is -0.480 e. The highest BCUT2D eigenvalue weighted by Gasteiger charge is 2.19. The molecule has 2 rings (SSSR count). The smallest absolute Gasteiger partial charge is 0.328 e. The molecule has 0 aliphatic carbocycles. The van der Waals surface area contributed by atoms with E-state index in [1.54, 1.807) is 0 Å². The second-order valence-electron chi connectivity index (χ2n) is 3.72. The van der Waals surface area contributed by atoms with Crippen molar-refractivity contribution in [2.75, 3.05) is 6.61 Å². The number of rotatable bonds is 2. The van der Waals surface area contributed by atoms with Gasteiger partial charge in [0.2, 0.25) is 0 Å². The third kappa shape index (κ3) is 1.83. The van der Waals surface area contributed by atoms with E-state index in [-0.39, 0.29) is 0 Å². The van der Waals surface area contributed by atoms with Crippen molar-refractivity contribution in [1.82, 2.24) is 9.78 Å². The minimum absolute atomic E-state index is 0.375. The third-order valence-corrected chi connectivity index (χ3v) is 2.59. The first-order valence-corrected chi connectivity index (χ1v) is 5.02. The van der Waals surface area contributed by atoms with Gasteiger partial charge in [0.15, 0.2) is 6.04 Å². The minimum atomic E-state index is -1.07. The van der Waals surface area contributed by atoms with Crippen LogP contribution in [0.2, 0.25) is 0 Å². The molecule has 1 N–H and O–H groups in total. The first-order valence-electron chi connectivity index (χ1n) is 5.02. The summed E-state index contributed by atoms with van der Waals surface area (Å²) in [6, 6.07) is 0.460. The van der Waals surface area contributed by atoms with E-state index >= 15 is 0 Å². The summed E-state index contributed by atoms with van der Waals surface area (Å²) in [4.78, 5) is 22.4. The van der Waals surface area contributed by atoms with Gasteiger partial charge in [-0.15, -0.1) is 0 Å². The number of hydrogen-bond acceptors (Lipinski definition) is 4. The van der Waals surface area contributed by atoms with Crippen molar-refractivity contribution in [2.45, 2.75) is 26.0 Å². The molecule has 0 saturated carbocycles. The molecule has 0 fully saturated rings. The molecule has 0 radical (unpaired) electrons. The largest absolute Gasteiger partial charge is 0.480 e. The van der Waals surface area contributed by atoms with Gasteiger partial charge in [0.1, 0.15) is 0 Å². The van der Waals surface area contributed by atoms with Crippen LogP contribution in [0.3, 0.4) is 0 Å². The van der Waals surface area contributed by atoms with Crippen molar-refractivity contribution in [3.05, 3.63) is 27.7 Å². The van der Waals surface area contributed by atoms with E-state index in [2.05, 4.69) is 5.10 Å². The van der Waals surface area contributed by atoms with Crippen molar-refractivity contribution in [1.29, 1.82) is 0 Å². The van der Waals surface area contributed by atoms with Gasteiger partial charge in [-0.1, -0.05) is 0 Å². The fourth-order valence-corrected chi connectivity index (χ4v) is 1.61. The number of carboxylic acids is 1. The van der Waals surface area contributed by atoms with Crippen LogP contribution >= 0.6 is 0 Å². The highest BCUT2D eigenvalue weighted by molar-refractivity contribution is 5.71. The SMILES string of the molecule is CC(C(=O)O)n1nc2c(cc1=O)COCC2. The van der Waals surface area contributed by atoms with E-state index in [9.17, 15) is 9.59 Å². The maximum atomic E-state index is 11.6. The molecule has 0 saturated heterocycles. The normalized spacial score (nSPS) is 16.6. The van der Waals surface area contributed by atoms with Gasteiger partial charge in [0, 0.05) is 18.1 Å². The predicted molar refractivity (Wildman–Crippen MR) is 54.2 cm³/mol. The number of aliphatic carboxylic acids is 1. The van der Waals surface area contributed by atoms with Gasteiger partial charge in [0.25, 0.3) is 5.56 Å². The van der Waals surface area contributed by atoms with Crippen molar-refractivity contribution < 1.29 is 14.6 Å². The number of carbonyl (C=O) groups is 1. The Morgan fingerprint density at radius 3 is 3.12 bits per heavy atom. The molecule has 2 heterocycles. The zero-order valence-corrected chi connectivity index (χ0v) is 8.84. The van der Waals surface area contributed by atoms with E-state index in [1.807, 2.05) is 0 Å². The van der Waals surface area contributed by atoms with Crippen LogP contribution in [0.15, 0.2) is 10.9 Å². The summed E-state index contributed by atoms with van der Waals surface area (Å²) in [7, 11) is 0. The summed E-state index contributed by atoms with van der Waals surface area (Å²) in [5.41, 5.74) is 1.10. The molecule has 6 heteroatoms. The Morgan fingerprint density at radius 1 is 1.69 bits per heavy atom. The van der Waals surface area contributed by atoms with E-state index in [0.29, 0.717) is 19.6 Å². The van der Waals surface area contributed by atoms with Crippen LogP contribution in [0.1, 0.15) is 24.2 Å². The van der Waals surface area contributed by atoms with Crippen LogP contribution in [0.25, 0.3) is 0 Å². The quantitative estimate of drug-likeness (QED) is 0.762. The first-order chi connectivity index (χ1) is 7.59. The summed E-state index contributed by atoms with van der Waals surface area (Å²) in [5.74, 6) is -1.07. The number of fused-ring (bicyclic) bond motifs is 1. The Balaban J connectivity index is 2.47. The van der Waals surface area contributed by atoms with Crippen LogP contribution in [0.5, 0.6) is 0 Å². The second-order valence-corrected chi connectivity index (χ2v) is 3.72. The summed E-state index contributed by atoms with van der Waals surface area (Å²) in [5, 5.41) is 12.9. The van der Waals surface area contributed by atoms with E-state index in [0.717, 1.165) is 15.9 Å². The Labute approximate surface area is 91.5 Å². The molecule has 1 unspecified atom stereocenters. The van der Waals surface area contributed by atoms with Crippen LogP contribution in [0.4, 0.5) is 0 Å². The van der Waals surface area contributed by atoms with Gasteiger partial charge < -0.3 is 9.84 Å². The number of ether oxygens (including phenoxy) is 1. The molecular weight excluding hydrogens is 212 g/mol.